The third-order valence-electron chi connectivity index (χ3n) is 2.96. The van der Waals surface area contributed by atoms with Gasteiger partial charge in [-0.2, -0.15) is 0 Å². The van der Waals surface area contributed by atoms with Gasteiger partial charge in [0, 0.05) is 6.42 Å². The van der Waals surface area contributed by atoms with Crippen LogP contribution in [0.5, 0.6) is 0 Å². The zero-order chi connectivity index (χ0) is 10.6. The van der Waals surface area contributed by atoms with Crippen molar-refractivity contribution in [2.75, 3.05) is 6.54 Å². The molecule has 14 heavy (non-hydrogen) atoms. The molecule has 1 rings (SSSR count). The molecule has 0 bridgehead atoms. The summed E-state index contributed by atoms with van der Waals surface area (Å²) in [6, 6.07) is 0. The Hall–Kier alpha value is -0.570. The van der Waals surface area contributed by atoms with E-state index in [9.17, 15) is 4.79 Å². The first-order valence-electron chi connectivity index (χ1n) is 5.53. The van der Waals surface area contributed by atoms with E-state index in [4.69, 9.17) is 10.8 Å². The van der Waals surface area contributed by atoms with Crippen LogP contribution in [-0.2, 0) is 4.79 Å². The maximum Gasteiger partial charge on any atom is 0.303 e. The molecular weight excluding hydrogens is 178 g/mol. The van der Waals surface area contributed by atoms with Crippen molar-refractivity contribution >= 4 is 5.97 Å². The van der Waals surface area contributed by atoms with Gasteiger partial charge >= 0.3 is 5.97 Å². The summed E-state index contributed by atoms with van der Waals surface area (Å²) in [5.41, 5.74) is 5.55. The van der Waals surface area contributed by atoms with Crippen LogP contribution in [-0.4, -0.2) is 17.6 Å². The number of hydrogen-bond acceptors (Lipinski definition) is 2. The zero-order valence-electron chi connectivity index (χ0n) is 8.91. The van der Waals surface area contributed by atoms with Gasteiger partial charge in [-0.3, -0.25) is 4.79 Å². The Morgan fingerprint density at radius 3 is 2.64 bits per heavy atom. The van der Waals surface area contributed by atoms with Crippen molar-refractivity contribution in [3.63, 3.8) is 0 Å². The van der Waals surface area contributed by atoms with Crippen molar-refractivity contribution in [1.82, 2.24) is 0 Å². The van der Waals surface area contributed by atoms with Gasteiger partial charge in [0.25, 0.3) is 0 Å². The van der Waals surface area contributed by atoms with Crippen LogP contribution in [0.4, 0.5) is 0 Å². The zero-order valence-corrected chi connectivity index (χ0v) is 8.91. The third-order valence-corrected chi connectivity index (χ3v) is 2.96. The summed E-state index contributed by atoms with van der Waals surface area (Å²) in [4.78, 5) is 10.5. The Labute approximate surface area is 85.7 Å². The molecule has 3 nitrogen and oxygen atoms in total. The Bertz CT molecular complexity index is 190. The van der Waals surface area contributed by atoms with E-state index >= 15 is 0 Å². The van der Waals surface area contributed by atoms with Crippen molar-refractivity contribution in [3.8, 4) is 0 Å². The standard InChI is InChI=1S/C11H21NO2/c1-8(4-9-2-3-9)5-10(7-12)6-11(13)14/h8-10H,2-7,12H2,1H3,(H,13,14). The highest BCUT2D eigenvalue weighted by atomic mass is 16.4. The molecule has 0 spiro atoms. The van der Waals surface area contributed by atoms with Gasteiger partial charge in [0.05, 0.1) is 0 Å². The van der Waals surface area contributed by atoms with Crippen molar-refractivity contribution in [3.05, 3.63) is 0 Å². The van der Waals surface area contributed by atoms with Crippen molar-refractivity contribution < 1.29 is 9.90 Å². The van der Waals surface area contributed by atoms with Crippen molar-refractivity contribution in [1.29, 1.82) is 0 Å². The van der Waals surface area contributed by atoms with Gasteiger partial charge in [0.2, 0.25) is 0 Å². The van der Waals surface area contributed by atoms with Crippen LogP contribution in [0.2, 0.25) is 0 Å². The number of nitrogens with two attached hydrogens (primary N) is 1. The van der Waals surface area contributed by atoms with E-state index in [1.807, 2.05) is 0 Å². The Morgan fingerprint density at radius 2 is 2.21 bits per heavy atom. The van der Waals surface area contributed by atoms with E-state index in [1.165, 1.54) is 19.3 Å². The van der Waals surface area contributed by atoms with E-state index in [2.05, 4.69) is 6.92 Å². The van der Waals surface area contributed by atoms with Gasteiger partial charge in [-0.1, -0.05) is 19.8 Å². The van der Waals surface area contributed by atoms with Crippen LogP contribution in [0.15, 0.2) is 0 Å². The maximum atomic E-state index is 10.5. The number of aliphatic carboxylic acids is 1. The molecule has 2 atom stereocenters. The lowest BCUT2D eigenvalue weighted by atomic mass is 9.90. The molecule has 3 N–H and O–H groups in total. The van der Waals surface area contributed by atoms with E-state index in [1.54, 1.807) is 0 Å². The predicted octanol–water partition coefficient (Wildman–Crippen LogP) is 1.86. The topological polar surface area (TPSA) is 63.3 Å². The lowest BCUT2D eigenvalue weighted by Gasteiger charge is -2.17. The average Bonchev–Trinajstić information content (AvgIpc) is 2.86. The smallest absolute Gasteiger partial charge is 0.303 e. The summed E-state index contributed by atoms with van der Waals surface area (Å²) in [6.07, 6.45) is 5.20. The number of carboxylic acids is 1. The largest absolute Gasteiger partial charge is 0.481 e. The van der Waals surface area contributed by atoms with Gasteiger partial charge in [-0.25, -0.2) is 0 Å². The van der Waals surface area contributed by atoms with E-state index in [0.717, 1.165) is 12.3 Å². The summed E-state index contributed by atoms with van der Waals surface area (Å²) in [7, 11) is 0. The van der Waals surface area contributed by atoms with Gasteiger partial charge < -0.3 is 10.8 Å². The highest BCUT2D eigenvalue weighted by Gasteiger charge is 2.25. The summed E-state index contributed by atoms with van der Waals surface area (Å²) in [6.45, 7) is 2.71. The molecule has 1 aliphatic rings. The van der Waals surface area contributed by atoms with Crippen LogP contribution in [0, 0.1) is 17.8 Å². The fourth-order valence-electron chi connectivity index (χ4n) is 2.10. The summed E-state index contributed by atoms with van der Waals surface area (Å²) >= 11 is 0. The van der Waals surface area contributed by atoms with Crippen LogP contribution in [0.1, 0.15) is 39.0 Å². The van der Waals surface area contributed by atoms with E-state index < -0.39 is 5.97 Å². The third kappa shape index (κ3) is 4.61. The summed E-state index contributed by atoms with van der Waals surface area (Å²) in [5.74, 6) is 1.00. The molecule has 0 aromatic carbocycles. The van der Waals surface area contributed by atoms with Gasteiger partial charge in [-0.05, 0) is 37.1 Å². The molecule has 0 radical (unpaired) electrons. The molecule has 3 heteroatoms. The van der Waals surface area contributed by atoms with E-state index in [-0.39, 0.29) is 12.3 Å². The minimum atomic E-state index is -0.723. The van der Waals surface area contributed by atoms with Gasteiger partial charge in [0.15, 0.2) is 0 Å². The lowest BCUT2D eigenvalue weighted by Crippen LogP contribution is -2.20. The second-order valence-electron chi connectivity index (χ2n) is 4.72. The van der Waals surface area contributed by atoms with Crippen LogP contribution in [0.25, 0.3) is 0 Å². The molecule has 1 fully saturated rings. The minimum absolute atomic E-state index is 0.168. The first-order chi connectivity index (χ1) is 6.61. The quantitative estimate of drug-likeness (QED) is 0.658. The SMILES string of the molecule is CC(CC1CC1)CC(CN)CC(=O)O. The molecular formula is C11H21NO2. The number of hydrogen-bond donors (Lipinski definition) is 2. The normalized spacial score (nSPS) is 20.4. The minimum Gasteiger partial charge on any atom is -0.481 e. The molecule has 0 saturated heterocycles. The Kier molecular flexibility index (Phi) is 4.39. The number of carbonyl (C=O) groups is 1. The first kappa shape index (κ1) is 11.5. The molecule has 0 aliphatic heterocycles. The van der Waals surface area contributed by atoms with Crippen LogP contribution < -0.4 is 5.73 Å². The van der Waals surface area contributed by atoms with Crippen molar-refractivity contribution in [2.24, 2.45) is 23.5 Å². The predicted molar refractivity (Wildman–Crippen MR) is 55.9 cm³/mol. The molecule has 82 valence electrons. The van der Waals surface area contributed by atoms with Gasteiger partial charge in [-0.15, -0.1) is 0 Å². The van der Waals surface area contributed by atoms with Crippen molar-refractivity contribution in [2.45, 2.75) is 39.0 Å². The number of carboxylic acid groups (broad SMARTS) is 1. The molecule has 0 aromatic rings. The molecule has 0 aromatic heterocycles. The Balaban J connectivity index is 2.19. The maximum absolute atomic E-state index is 10.5. The van der Waals surface area contributed by atoms with E-state index in [0.29, 0.717) is 12.5 Å². The first-order valence-corrected chi connectivity index (χ1v) is 5.53. The highest BCUT2D eigenvalue weighted by molar-refractivity contribution is 5.67. The highest BCUT2D eigenvalue weighted by Crippen LogP contribution is 2.36. The molecule has 0 amide bonds. The summed E-state index contributed by atoms with van der Waals surface area (Å²) < 4.78 is 0. The molecule has 1 saturated carbocycles. The average molecular weight is 199 g/mol. The second-order valence-corrected chi connectivity index (χ2v) is 4.72. The van der Waals surface area contributed by atoms with Gasteiger partial charge in [0.1, 0.15) is 0 Å². The Morgan fingerprint density at radius 1 is 1.57 bits per heavy atom. The molecule has 1 aliphatic carbocycles. The monoisotopic (exact) mass is 199 g/mol. The summed E-state index contributed by atoms with van der Waals surface area (Å²) in [5, 5.41) is 8.67. The lowest BCUT2D eigenvalue weighted by molar-refractivity contribution is -0.138. The second kappa shape index (κ2) is 5.35. The van der Waals surface area contributed by atoms with Crippen LogP contribution in [0.3, 0.4) is 0 Å². The molecule has 0 heterocycles. The number of rotatable bonds is 7. The van der Waals surface area contributed by atoms with Crippen LogP contribution >= 0.6 is 0 Å². The molecule has 2 unspecified atom stereocenters. The fraction of sp³-hybridized carbons (Fsp3) is 0.909. The fourth-order valence-corrected chi connectivity index (χ4v) is 2.10.